The van der Waals surface area contributed by atoms with Gasteiger partial charge in [0.15, 0.2) is 0 Å². The molecule has 1 aromatic carbocycles. The van der Waals surface area contributed by atoms with E-state index in [0.717, 1.165) is 13.1 Å². The first-order chi connectivity index (χ1) is 9.01. The van der Waals surface area contributed by atoms with Crippen LogP contribution in [0.1, 0.15) is 6.42 Å². The fourth-order valence-electron chi connectivity index (χ4n) is 1.83. The highest BCUT2D eigenvalue weighted by Gasteiger charge is 2.20. The summed E-state index contributed by atoms with van der Waals surface area (Å²) >= 11 is 0. The molecule has 1 heterocycles. The van der Waals surface area contributed by atoms with E-state index in [2.05, 4.69) is 15.4 Å². The first-order valence-electron chi connectivity index (χ1n) is 6.05. The van der Waals surface area contributed by atoms with Crippen LogP contribution in [0.2, 0.25) is 0 Å². The van der Waals surface area contributed by atoms with Gasteiger partial charge in [0.1, 0.15) is 0 Å². The fraction of sp³-hybridized carbons (Fsp3) is 0.417. The molecular weight excluding hydrogens is 266 g/mol. The number of benzene rings is 1. The number of rotatable bonds is 5. The molecule has 1 amide bonds. The molecule has 0 atom stereocenters. The van der Waals surface area contributed by atoms with E-state index in [9.17, 15) is 13.2 Å². The first kappa shape index (κ1) is 14.0. The summed E-state index contributed by atoms with van der Waals surface area (Å²) in [5.74, 6) is 0.287. The van der Waals surface area contributed by atoms with Crippen molar-refractivity contribution in [2.45, 2.75) is 11.3 Å². The second-order valence-electron chi connectivity index (χ2n) is 4.51. The molecule has 0 unspecified atom stereocenters. The molecule has 1 aliphatic rings. The number of carbonyl (C=O) groups is 1. The molecule has 7 heteroatoms. The maximum Gasteiger partial charge on any atom is 0.240 e. The van der Waals surface area contributed by atoms with Crippen molar-refractivity contribution < 1.29 is 13.2 Å². The van der Waals surface area contributed by atoms with Crippen molar-refractivity contribution in [3.8, 4) is 0 Å². The van der Waals surface area contributed by atoms with Crippen LogP contribution in [0.5, 0.6) is 0 Å². The lowest BCUT2D eigenvalue weighted by Crippen LogP contribution is -2.43. The normalized spacial score (nSPS) is 15.8. The van der Waals surface area contributed by atoms with Gasteiger partial charge in [-0.25, -0.2) is 13.1 Å². The van der Waals surface area contributed by atoms with E-state index in [4.69, 9.17) is 0 Å². The third-order valence-electron chi connectivity index (χ3n) is 3.04. The maximum atomic E-state index is 11.7. The van der Waals surface area contributed by atoms with Crippen molar-refractivity contribution in [3.63, 3.8) is 0 Å². The SMILES string of the molecule is CNS(=O)(=O)c1cccc(NC(=O)CC2CNC2)c1. The molecule has 2 rings (SSSR count). The summed E-state index contributed by atoms with van der Waals surface area (Å²) in [6.07, 6.45) is 0.454. The Balaban J connectivity index is 2.04. The van der Waals surface area contributed by atoms with Crippen LogP contribution in [0, 0.1) is 5.92 Å². The van der Waals surface area contributed by atoms with Gasteiger partial charge >= 0.3 is 0 Å². The van der Waals surface area contributed by atoms with Crippen molar-refractivity contribution in [2.75, 3.05) is 25.5 Å². The molecule has 19 heavy (non-hydrogen) atoms. The van der Waals surface area contributed by atoms with Gasteiger partial charge < -0.3 is 10.6 Å². The molecule has 1 saturated heterocycles. The van der Waals surface area contributed by atoms with Gasteiger partial charge in [-0.05, 0) is 44.3 Å². The summed E-state index contributed by atoms with van der Waals surface area (Å²) in [5.41, 5.74) is 0.494. The minimum atomic E-state index is -3.48. The molecule has 0 spiro atoms. The Bertz CT molecular complexity index is 567. The zero-order valence-electron chi connectivity index (χ0n) is 10.6. The maximum absolute atomic E-state index is 11.7. The molecular formula is C12H17N3O3S. The average Bonchev–Trinajstić information content (AvgIpc) is 2.34. The second kappa shape index (κ2) is 5.68. The summed E-state index contributed by atoms with van der Waals surface area (Å²) in [6.45, 7) is 1.73. The first-order valence-corrected chi connectivity index (χ1v) is 7.54. The van der Waals surface area contributed by atoms with E-state index in [0.29, 0.717) is 18.0 Å². The summed E-state index contributed by atoms with van der Waals surface area (Å²) < 4.78 is 25.5. The van der Waals surface area contributed by atoms with Gasteiger partial charge in [-0.2, -0.15) is 0 Å². The van der Waals surface area contributed by atoms with Gasteiger partial charge in [-0.15, -0.1) is 0 Å². The van der Waals surface area contributed by atoms with Gasteiger partial charge in [-0.3, -0.25) is 4.79 Å². The largest absolute Gasteiger partial charge is 0.326 e. The van der Waals surface area contributed by atoms with Gasteiger partial charge in [0, 0.05) is 12.1 Å². The van der Waals surface area contributed by atoms with E-state index < -0.39 is 10.0 Å². The van der Waals surface area contributed by atoms with Crippen molar-refractivity contribution >= 4 is 21.6 Å². The molecule has 3 N–H and O–H groups in total. The van der Waals surface area contributed by atoms with Gasteiger partial charge in [-0.1, -0.05) is 6.07 Å². The highest BCUT2D eigenvalue weighted by atomic mass is 32.2. The quantitative estimate of drug-likeness (QED) is 0.717. The van der Waals surface area contributed by atoms with Crippen molar-refractivity contribution in [2.24, 2.45) is 5.92 Å². The van der Waals surface area contributed by atoms with Crippen LogP contribution in [0.3, 0.4) is 0 Å². The van der Waals surface area contributed by atoms with Gasteiger partial charge in [0.25, 0.3) is 0 Å². The van der Waals surface area contributed by atoms with E-state index in [1.165, 1.54) is 19.2 Å². The Morgan fingerprint density at radius 3 is 2.74 bits per heavy atom. The van der Waals surface area contributed by atoms with Crippen LogP contribution < -0.4 is 15.4 Å². The summed E-state index contributed by atoms with van der Waals surface area (Å²) in [4.78, 5) is 11.9. The monoisotopic (exact) mass is 283 g/mol. The molecule has 0 bridgehead atoms. The van der Waals surface area contributed by atoms with Crippen molar-refractivity contribution in [1.82, 2.24) is 10.0 Å². The van der Waals surface area contributed by atoms with E-state index in [1.807, 2.05) is 0 Å². The zero-order chi connectivity index (χ0) is 13.9. The topological polar surface area (TPSA) is 87.3 Å². The average molecular weight is 283 g/mol. The minimum absolute atomic E-state index is 0.0921. The van der Waals surface area contributed by atoms with Crippen LogP contribution in [0.15, 0.2) is 29.2 Å². The van der Waals surface area contributed by atoms with Crippen molar-refractivity contribution in [1.29, 1.82) is 0 Å². The zero-order valence-corrected chi connectivity index (χ0v) is 11.5. The Labute approximate surface area is 112 Å². The van der Waals surface area contributed by atoms with Crippen LogP contribution >= 0.6 is 0 Å². The van der Waals surface area contributed by atoms with Gasteiger partial charge in [0.05, 0.1) is 4.90 Å². The van der Waals surface area contributed by atoms with Crippen LogP contribution in [-0.4, -0.2) is 34.5 Å². The fourth-order valence-corrected chi connectivity index (χ4v) is 2.60. The molecule has 1 fully saturated rings. The number of nitrogens with one attached hydrogen (secondary N) is 3. The molecule has 6 nitrogen and oxygen atoms in total. The lowest BCUT2D eigenvalue weighted by Gasteiger charge is -2.26. The Morgan fingerprint density at radius 2 is 2.16 bits per heavy atom. The number of sulfonamides is 1. The molecule has 0 saturated carbocycles. The minimum Gasteiger partial charge on any atom is -0.326 e. The number of hydrogen-bond donors (Lipinski definition) is 3. The second-order valence-corrected chi connectivity index (χ2v) is 6.40. The highest BCUT2D eigenvalue weighted by Crippen LogP contribution is 2.16. The summed E-state index contributed by atoms with van der Waals surface area (Å²) in [5, 5.41) is 5.82. The molecule has 0 radical (unpaired) electrons. The molecule has 104 valence electrons. The number of anilines is 1. The van der Waals surface area contributed by atoms with Crippen LogP contribution in [0.4, 0.5) is 5.69 Å². The predicted molar refractivity (Wildman–Crippen MR) is 72.3 cm³/mol. The summed E-state index contributed by atoms with van der Waals surface area (Å²) in [7, 11) is -2.13. The third kappa shape index (κ3) is 3.52. The smallest absolute Gasteiger partial charge is 0.240 e. The lowest BCUT2D eigenvalue weighted by atomic mass is 9.99. The lowest BCUT2D eigenvalue weighted by molar-refractivity contribution is -0.117. The number of carbonyl (C=O) groups excluding carboxylic acids is 1. The number of hydrogen-bond acceptors (Lipinski definition) is 4. The molecule has 0 aliphatic carbocycles. The predicted octanol–water partition coefficient (Wildman–Crippen LogP) is 0.143. The Morgan fingerprint density at radius 1 is 1.42 bits per heavy atom. The van der Waals surface area contributed by atoms with Crippen LogP contribution in [-0.2, 0) is 14.8 Å². The van der Waals surface area contributed by atoms with E-state index in [1.54, 1.807) is 12.1 Å². The Kier molecular flexibility index (Phi) is 4.18. The molecule has 1 aromatic rings. The Hall–Kier alpha value is -1.44. The van der Waals surface area contributed by atoms with E-state index in [-0.39, 0.29) is 10.8 Å². The standard InChI is InChI=1S/C12H17N3O3S/c1-13-19(17,18)11-4-2-3-10(6-11)15-12(16)5-9-7-14-8-9/h2-4,6,9,13-14H,5,7-8H2,1H3,(H,15,16). The van der Waals surface area contributed by atoms with Crippen molar-refractivity contribution in [3.05, 3.63) is 24.3 Å². The summed E-state index contributed by atoms with van der Waals surface area (Å²) in [6, 6.07) is 6.20. The number of amides is 1. The van der Waals surface area contributed by atoms with Crippen LogP contribution in [0.25, 0.3) is 0 Å². The van der Waals surface area contributed by atoms with Gasteiger partial charge in [0.2, 0.25) is 15.9 Å². The highest BCUT2D eigenvalue weighted by molar-refractivity contribution is 7.89. The molecule has 1 aliphatic heterocycles. The third-order valence-corrected chi connectivity index (χ3v) is 4.45. The van der Waals surface area contributed by atoms with E-state index >= 15 is 0 Å². The molecule has 0 aromatic heterocycles.